The van der Waals surface area contributed by atoms with Crippen LogP contribution in [0.5, 0.6) is 0 Å². The van der Waals surface area contributed by atoms with Crippen molar-refractivity contribution in [3.63, 3.8) is 0 Å². The Morgan fingerprint density at radius 1 is 1.44 bits per heavy atom. The second-order valence-electron chi connectivity index (χ2n) is 4.83. The number of carbonyl (C=O) groups excluding carboxylic acids is 1. The van der Waals surface area contributed by atoms with E-state index in [-0.39, 0.29) is 5.91 Å². The number of nitrogens with two attached hydrogens (primary N) is 1. The van der Waals surface area contributed by atoms with Crippen LogP contribution in [0.2, 0.25) is 0 Å². The normalized spacial score (nSPS) is 18.3. The third kappa shape index (κ3) is 2.72. The summed E-state index contributed by atoms with van der Waals surface area (Å²) in [5.41, 5.74) is 5.43. The number of nitrogens with zero attached hydrogens (tertiary/aromatic N) is 1. The smallest absolute Gasteiger partial charge is 0.233 e. The molecular formula is C13H18BrN3O. The summed E-state index contributed by atoms with van der Waals surface area (Å²) in [6, 6.07) is 3.68. The molecule has 1 aromatic rings. The van der Waals surface area contributed by atoms with Crippen molar-refractivity contribution in [1.29, 1.82) is 0 Å². The lowest BCUT2D eigenvalue weighted by molar-refractivity contribution is -0.126. The van der Waals surface area contributed by atoms with Gasteiger partial charge in [0, 0.05) is 12.7 Å². The third-order valence-electron chi connectivity index (χ3n) is 3.67. The van der Waals surface area contributed by atoms with Crippen LogP contribution < -0.4 is 11.1 Å². The summed E-state index contributed by atoms with van der Waals surface area (Å²) in [4.78, 5) is 16.6. The zero-order valence-corrected chi connectivity index (χ0v) is 11.9. The van der Waals surface area contributed by atoms with Gasteiger partial charge < -0.3 is 11.1 Å². The van der Waals surface area contributed by atoms with Crippen LogP contribution in [0.15, 0.2) is 22.8 Å². The van der Waals surface area contributed by atoms with E-state index >= 15 is 0 Å². The van der Waals surface area contributed by atoms with Crippen molar-refractivity contribution in [2.75, 3.05) is 11.9 Å². The largest absolute Gasteiger partial charge is 0.329 e. The van der Waals surface area contributed by atoms with Gasteiger partial charge in [-0.15, -0.1) is 0 Å². The fourth-order valence-corrected chi connectivity index (χ4v) is 2.82. The lowest BCUT2D eigenvalue weighted by atomic mass is 9.73. The molecule has 0 saturated heterocycles. The highest BCUT2D eigenvalue weighted by Crippen LogP contribution is 2.36. The molecule has 2 rings (SSSR count). The van der Waals surface area contributed by atoms with Crippen LogP contribution in [0.25, 0.3) is 0 Å². The molecule has 0 unspecified atom stereocenters. The van der Waals surface area contributed by atoms with E-state index in [4.69, 9.17) is 5.73 Å². The average Bonchev–Trinajstić information content (AvgIpc) is 2.42. The highest BCUT2D eigenvalue weighted by molar-refractivity contribution is 9.10. The van der Waals surface area contributed by atoms with Crippen molar-refractivity contribution in [2.45, 2.75) is 32.1 Å². The Morgan fingerprint density at radius 3 is 2.78 bits per heavy atom. The Bertz CT molecular complexity index is 430. The first-order chi connectivity index (χ1) is 8.68. The SMILES string of the molecule is NCC1(C(=O)Nc2ncccc2Br)CCCCC1. The average molecular weight is 312 g/mol. The Kier molecular flexibility index (Phi) is 4.35. The molecule has 0 aromatic carbocycles. The van der Waals surface area contributed by atoms with Gasteiger partial charge in [0.25, 0.3) is 0 Å². The number of pyridine rings is 1. The van der Waals surface area contributed by atoms with E-state index < -0.39 is 5.41 Å². The van der Waals surface area contributed by atoms with Crippen LogP contribution in [-0.4, -0.2) is 17.4 Å². The molecule has 0 aliphatic heterocycles. The second-order valence-corrected chi connectivity index (χ2v) is 5.69. The lowest BCUT2D eigenvalue weighted by Gasteiger charge is -2.34. The van der Waals surface area contributed by atoms with Gasteiger partial charge in [0.1, 0.15) is 5.82 Å². The number of amides is 1. The van der Waals surface area contributed by atoms with Gasteiger partial charge in [-0.3, -0.25) is 4.79 Å². The number of aromatic nitrogens is 1. The minimum atomic E-state index is -0.408. The number of rotatable bonds is 3. The number of halogens is 1. The van der Waals surface area contributed by atoms with Crippen molar-refractivity contribution in [2.24, 2.45) is 11.1 Å². The van der Waals surface area contributed by atoms with Crippen molar-refractivity contribution < 1.29 is 4.79 Å². The number of carbonyl (C=O) groups is 1. The monoisotopic (exact) mass is 311 g/mol. The maximum absolute atomic E-state index is 12.4. The van der Waals surface area contributed by atoms with Gasteiger partial charge in [-0.2, -0.15) is 0 Å². The quantitative estimate of drug-likeness (QED) is 0.901. The summed E-state index contributed by atoms with van der Waals surface area (Å²) in [5.74, 6) is 0.574. The van der Waals surface area contributed by atoms with Gasteiger partial charge >= 0.3 is 0 Å². The van der Waals surface area contributed by atoms with Crippen LogP contribution in [0.3, 0.4) is 0 Å². The zero-order chi connectivity index (χ0) is 13.0. The minimum absolute atomic E-state index is 0.00380. The van der Waals surface area contributed by atoms with Gasteiger partial charge in [0.05, 0.1) is 9.89 Å². The van der Waals surface area contributed by atoms with Crippen LogP contribution in [0, 0.1) is 5.41 Å². The van der Waals surface area contributed by atoms with Gasteiger partial charge in [-0.1, -0.05) is 19.3 Å². The number of hydrogen-bond acceptors (Lipinski definition) is 3. The van der Waals surface area contributed by atoms with Crippen molar-refractivity contribution in [3.05, 3.63) is 22.8 Å². The summed E-state index contributed by atoms with van der Waals surface area (Å²) in [6.45, 7) is 0.406. The molecule has 4 nitrogen and oxygen atoms in total. The van der Waals surface area contributed by atoms with Crippen molar-refractivity contribution >= 4 is 27.7 Å². The predicted octanol–water partition coefficient (Wildman–Crippen LogP) is 2.69. The molecule has 5 heteroatoms. The molecule has 18 heavy (non-hydrogen) atoms. The molecular weight excluding hydrogens is 294 g/mol. The van der Waals surface area contributed by atoms with Gasteiger partial charge in [0.15, 0.2) is 0 Å². The Labute approximate surface area is 115 Å². The zero-order valence-electron chi connectivity index (χ0n) is 10.3. The van der Waals surface area contributed by atoms with Gasteiger partial charge in [0.2, 0.25) is 5.91 Å². The van der Waals surface area contributed by atoms with Gasteiger partial charge in [-0.25, -0.2) is 4.98 Å². The topological polar surface area (TPSA) is 68.0 Å². The Balaban J connectivity index is 2.13. The van der Waals surface area contributed by atoms with Crippen molar-refractivity contribution in [1.82, 2.24) is 4.98 Å². The maximum Gasteiger partial charge on any atom is 0.233 e. The first-order valence-electron chi connectivity index (χ1n) is 6.30. The number of anilines is 1. The van der Waals surface area contributed by atoms with Gasteiger partial charge in [-0.05, 0) is 40.9 Å². The molecule has 1 fully saturated rings. The third-order valence-corrected chi connectivity index (χ3v) is 4.31. The molecule has 1 saturated carbocycles. The van der Waals surface area contributed by atoms with Crippen LogP contribution in [0.4, 0.5) is 5.82 Å². The fraction of sp³-hybridized carbons (Fsp3) is 0.538. The number of nitrogens with one attached hydrogen (secondary N) is 1. The van der Waals surface area contributed by atoms with Crippen LogP contribution in [-0.2, 0) is 4.79 Å². The molecule has 0 radical (unpaired) electrons. The van der Waals surface area contributed by atoms with Crippen LogP contribution >= 0.6 is 15.9 Å². The van der Waals surface area contributed by atoms with E-state index in [0.29, 0.717) is 12.4 Å². The molecule has 0 bridgehead atoms. The summed E-state index contributed by atoms with van der Waals surface area (Å²) in [7, 11) is 0. The Hall–Kier alpha value is -0.940. The minimum Gasteiger partial charge on any atom is -0.329 e. The lowest BCUT2D eigenvalue weighted by Crippen LogP contribution is -2.44. The summed E-state index contributed by atoms with van der Waals surface area (Å²) in [6.07, 6.45) is 6.76. The summed E-state index contributed by atoms with van der Waals surface area (Å²) < 4.78 is 0.793. The molecule has 3 N–H and O–H groups in total. The molecule has 1 aliphatic carbocycles. The molecule has 1 amide bonds. The first kappa shape index (κ1) is 13.5. The van der Waals surface area contributed by atoms with Crippen LogP contribution in [0.1, 0.15) is 32.1 Å². The van der Waals surface area contributed by atoms with Crippen molar-refractivity contribution in [3.8, 4) is 0 Å². The molecule has 1 aliphatic rings. The van der Waals surface area contributed by atoms with E-state index in [1.165, 1.54) is 6.42 Å². The maximum atomic E-state index is 12.4. The molecule has 0 spiro atoms. The molecule has 1 aromatic heterocycles. The highest BCUT2D eigenvalue weighted by Gasteiger charge is 2.38. The predicted molar refractivity (Wildman–Crippen MR) is 75.1 cm³/mol. The number of hydrogen-bond donors (Lipinski definition) is 2. The first-order valence-corrected chi connectivity index (χ1v) is 7.09. The molecule has 1 heterocycles. The van der Waals surface area contributed by atoms with E-state index in [0.717, 1.165) is 30.2 Å². The highest BCUT2D eigenvalue weighted by atomic mass is 79.9. The molecule has 98 valence electrons. The van der Waals surface area contributed by atoms with E-state index in [9.17, 15) is 4.79 Å². The summed E-state index contributed by atoms with van der Waals surface area (Å²) >= 11 is 3.38. The molecule has 0 atom stereocenters. The second kappa shape index (κ2) is 5.80. The Morgan fingerprint density at radius 2 is 2.17 bits per heavy atom. The van der Waals surface area contributed by atoms with E-state index in [1.807, 2.05) is 12.1 Å². The summed E-state index contributed by atoms with van der Waals surface area (Å²) in [5, 5.41) is 2.89. The van der Waals surface area contributed by atoms with E-state index in [2.05, 4.69) is 26.2 Å². The van der Waals surface area contributed by atoms with E-state index in [1.54, 1.807) is 6.20 Å². The standard InChI is InChI=1S/C13H18BrN3O/c14-10-5-4-8-16-11(10)17-12(18)13(9-15)6-2-1-3-7-13/h4-5,8H,1-3,6-7,9,15H2,(H,16,17,18). The fourth-order valence-electron chi connectivity index (χ4n) is 2.47.